The zero-order valence-corrected chi connectivity index (χ0v) is 13.5. The molecule has 0 atom stereocenters. The first-order valence-corrected chi connectivity index (χ1v) is 7.52. The molecule has 5 heteroatoms. The van der Waals surface area contributed by atoms with E-state index < -0.39 is 0 Å². The van der Waals surface area contributed by atoms with Crippen LogP contribution in [-0.4, -0.2) is 21.9 Å². The summed E-state index contributed by atoms with van der Waals surface area (Å²) in [6.45, 7) is 3.61. The number of carbonyl (C=O) groups is 2. The van der Waals surface area contributed by atoms with Crippen molar-refractivity contribution in [2.24, 2.45) is 5.92 Å². The zero-order chi connectivity index (χ0) is 17.7. The molecular formula is C19H19NO4. The molecule has 0 heterocycles. The van der Waals surface area contributed by atoms with Crippen LogP contribution in [0.25, 0.3) is 6.08 Å². The highest BCUT2D eigenvalue weighted by molar-refractivity contribution is 6.07. The molecule has 3 N–H and O–H groups in total. The molecule has 24 heavy (non-hydrogen) atoms. The highest BCUT2D eigenvalue weighted by Gasteiger charge is 2.08. The number of benzene rings is 2. The van der Waals surface area contributed by atoms with Crippen LogP contribution < -0.4 is 5.32 Å². The lowest BCUT2D eigenvalue weighted by atomic mass is 10.1. The van der Waals surface area contributed by atoms with E-state index in [1.807, 2.05) is 0 Å². The van der Waals surface area contributed by atoms with E-state index in [0.717, 1.165) is 0 Å². The van der Waals surface area contributed by atoms with Gasteiger partial charge < -0.3 is 15.5 Å². The molecule has 0 radical (unpaired) electrons. The summed E-state index contributed by atoms with van der Waals surface area (Å²) in [5.41, 5.74) is 1.72. The Labute approximate surface area is 140 Å². The average Bonchev–Trinajstić information content (AvgIpc) is 2.56. The van der Waals surface area contributed by atoms with Crippen LogP contribution in [0, 0.1) is 5.92 Å². The Morgan fingerprint density at radius 1 is 1.00 bits per heavy atom. The van der Waals surface area contributed by atoms with Gasteiger partial charge in [0.15, 0.2) is 17.3 Å². The Morgan fingerprint density at radius 2 is 1.67 bits per heavy atom. The van der Waals surface area contributed by atoms with E-state index in [4.69, 9.17) is 0 Å². The van der Waals surface area contributed by atoms with E-state index >= 15 is 0 Å². The second-order valence-corrected chi connectivity index (χ2v) is 5.67. The monoisotopic (exact) mass is 325 g/mol. The van der Waals surface area contributed by atoms with Crippen LogP contribution in [0.3, 0.4) is 0 Å². The standard InChI is InChI=1S/C19H19NO4/c1-12(2)19(24)20-15-7-5-14(6-8-15)16(21)9-3-13-4-10-17(22)18(23)11-13/h3-12,22-23H,1-2H3,(H,20,24)/b9-3+. The van der Waals surface area contributed by atoms with Gasteiger partial charge in [0.05, 0.1) is 0 Å². The Hall–Kier alpha value is -3.08. The molecule has 0 aliphatic heterocycles. The molecule has 0 unspecified atom stereocenters. The average molecular weight is 325 g/mol. The van der Waals surface area contributed by atoms with Crippen molar-refractivity contribution in [2.75, 3.05) is 5.32 Å². The first-order chi connectivity index (χ1) is 11.4. The van der Waals surface area contributed by atoms with Gasteiger partial charge in [-0.1, -0.05) is 26.0 Å². The minimum atomic E-state index is -0.241. The number of rotatable bonds is 5. The molecule has 0 aliphatic rings. The molecule has 2 aromatic rings. The van der Waals surface area contributed by atoms with E-state index in [1.165, 1.54) is 18.2 Å². The van der Waals surface area contributed by atoms with E-state index in [0.29, 0.717) is 16.8 Å². The lowest BCUT2D eigenvalue weighted by Gasteiger charge is -2.07. The molecule has 0 bridgehead atoms. The second-order valence-electron chi connectivity index (χ2n) is 5.67. The number of aromatic hydroxyl groups is 2. The van der Waals surface area contributed by atoms with Crippen LogP contribution in [0.4, 0.5) is 5.69 Å². The SMILES string of the molecule is CC(C)C(=O)Nc1ccc(C(=O)/C=C/c2ccc(O)c(O)c2)cc1. The van der Waals surface area contributed by atoms with Crippen LogP contribution in [0.5, 0.6) is 11.5 Å². The van der Waals surface area contributed by atoms with Crippen molar-refractivity contribution < 1.29 is 19.8 Å². The van der Waals surface area contributed by atoms with Gasteiger partial charge in [0.25, 0.3) is 0 Å². The van der Waals surface area contributed by atoms with Gasteiger partial charge in [0.2, 0.25) is 5.91 Å². The van der Waals surface area contributed by atoms with Crippen molar-refractivity contribution in [3.05, 3.63) is 59.7 Å². The first-order valence-electron chi connectivity index (χ1n) is 7.52. The fourth-order valence-electron chi connectivity index (χ4n) is 1.92. The Balaban J connectivity index is 2.05. The highest BCUT2D eigenvalue weighted by atomic mass is 16.3. The van der Waals surface area contributed by atoms with Gasteiger partial charge in [0, 0.05) is 17.2 Å². The number of carbonyl (C=O) groups excluding carboxylic acids is 2. The molecule has 2 rings (SSSR count). The van der Waals surface area contributed by atoms with Crippen molar-refractivity contribution in [2.45, 2.75) is 13.8 Å². The fourth-order valence-corrected chi connectivity index (χ4v) is 1.92. The molecular weight excluding hydrogens is 306 g/mol. The number of anilines is 1. The van der Waals surface area contributed by atoms with Gasteiger partial charge in [-0.15, -0.1) is 0 Å². The molecule has 124 valence electrons. The largest absolute Gasteiger partial charge is 0.504 e. The number of allylic oxidation sites excluding steroid dienone is 1. The third kappa shape index (κ3) is 4.46. The molecule has 0 aromatic heterocycles. The summed E-state index contributed by atoms with van der Waals surface area (Å²) in [4.78, 5) is 23.7. The molecule has 5 nitrogen and oxygen atoms in total. The van der Waals surface area contributed by atoms with E-state index in [-0.39, 0.29) is 29.1 Å². The van der Waals surface area contributed by atoms with Crippen LogP contribution >= 0.6 is 0 Å². The van der Waals surface area contributed by atoms with Crippen LogP contribution in [-0.2, 0) is 4.79 Å². The van der Waals surface area contributed by atoms with Crippen LogP contribution in [0.1, 0.15) is 29.8 Å². The van der Waals surface area contributed by atoms with Crippen molar-refractivity contribution in [3.8, 4) is 11.5 Å². The van der Waals surface area contributed by atoms with Gasteiger partial charge in [-0.2, -0.15) is 0 Å². The zero-order valence-electron chi connectivity index (χ0n) is 13.5. The molecule has 0 saturated carbocycles. The summed E-state index contributed by atoms with van der Waals surface area (Å²) in [5, 5.41) is 21.4. The number of amides is 1. The van der Waals surface area contributed by atoms with Crippen molar-refractivity contribution in [1.29, 1.82) is 0 Å². The Morgan fingerprint density at radius 3 is 2.25 bits per heavy atom. The summed E-state index contributed by atoms with van der Waals surface area (Å²) in [5.74, 6) is -0.853. The Kier molecular flexibility index (Phi) is 5.37. The first kappa shape index (κ1) is 17.3. The van der Waals surface area contributed by atoms with Crippen LogP contribution in [0.2, 0.25) is 0 Å². The minimum Gasteiger partial charge on any atom is -0.504 e. The van der Waals surface area contributed by atoms with Crippen LogP contribution in [0.15, 0.2) is 48.5 Å². The molecule has 0 fully saturated rings. The minimum absolute atomic E-state index is 0.0823. The van der Waals surface area contributed by atoms with Gasteiger partial charge in [-0.3, -0.25) is 9.59 Å². The van der Waals surface area contributed by atoms with Gasteiger partial charge in [-0.05, 0) is 48.0 Å². The van der Waals surface area contributed by atoms with Gasteiger partial charge in [0.1, 0.15) is 0 Å². The maximum atomic E-state index is 12.1. The number of ketones is 1. The summed E-state index contributed by atoms with van der Waals surface area (Å²) < 4.78 is 0. The third-order valence-electron chi connectivity index (χ3n) is 3.39. The van der Waals surface area contributed by atoms with Crippen molar-refractivity contribution >= 4 is 23.5 Å². The molecule has 0 saturated heterocycles. The number of hydrogen-bond acceptors (Lipinski definition) is 4. The maximum absolute atomic E-state index is 12.1. The number of phenols is 2. The van der Waals surface area contributed by atoms with Gasteiger partial charge >= 0.3 is 0 Å². The number of hydrogen-bond donors (Lipinski definition) is 3. The van der Waals surface area contributed by atoms with E-state index in [2.05, 4.69) is 5.32 Å². The summed E-state index contributed by atoms with van der Waals surface area (Å²) in [6, 6.07) is 10.9. The van der Waals surface area contributed by atoms with Gasteiger partial charge in [-0.25, -0.2) is 0 Å². The molecule has 0 spiro atoms. The summed E-state index contributed by atoms with van der Waals surface area (Å²) >= 11 is 0. The maximum Gasteiger partial charge on any atom is 0.226 e. The number of nitrogens with one attached hydrogen (secondary N) is 1. The lowest BCUT2D eigenvalue weighted by Crippen LogP contribution is -2.17. The summed E-state index contributed by atoms with van der Waals surface area (Å²) in [6.07, 6.45) is 2.93. The molecule has 1 amide bonds. The topological polar surface area (TPSA) is 86.6 Å². The van der Waals surface area contributed by atoms with Crippen molar-refractivity contribution in [1.82, 2.24) is 0 Å². The predicted octanol–water partition coefficient (Wildman–Crippen LogP) is 3.59. The van der Waals surface area contributed by atoms with E-state index in [9.17, 15) is 19.8 Å². The summed E-state index contributed by atoms with van der Waals surface area (Å²) in [7, 11) is 0. The van der Waals surface area contributed by atoms with E-state index in [1.54, 1.807) is 50.3 Å². The second kappa shape index (κ2) is 7.46. The third-order valence-corrected chi connectivity index (χ3v) is 3.39. The predicted molar refractivity (Wildman–Crippen MR) is 93.0 cm³/mol. The smallest absolute Gasteiger partial charge is 0.226 e. The molecule has 0 aliphatic carbocycles. The van der Waals surface area contributed by atoms with Crippen molar-refractivity contribution in [3.63, 3.8) is 0 Å². The lowest BCUT2D eigenvalue weighted by molar-refractivity contribution is -0.118. The Bertz CT molecular complexity index is 776. The quantitative estimate of drug-likeness (QED) is 0.445. The molecule has 2 aromatic carbocycles. The fraction of sp³-hybridized carbons (Fsp3) is 0.158. The highest BCUT2D eigenvalue weighted by Crippen LogP contribution is 2.25. The normalized spacial score (nSPS) is 11.0. The number of phenolic OH excluding ortho intramolecular Hbond substituents is 2.